The maximum atomic E-state index is 12.7. The summed E-state index contributed by atoms with van der Waals surface area (Å²) >= 11 is 5.88. The van der Waals surface area contributed by atoms with E-state index in [1.807, 2.05) is 0 Å². The van der Waals surface area contributed by atoms with Crippen LogP contribution < -0.4 is 5.32 Å². The van der Waals surface area contributed by atoms with E-state index in [4.69, 9.17) is 16.3 Å². The van der Waals surface area contributed by atoms with E-state index in [-0.39, 0.29) is 29.1 Å². The third kappa shape index (κ3) is 3.72. The van der Waals surface area contributed by atoms with Gasteiger partial charge in [-0.05, 0) is 44.2 Å². The first-order valence-corrected chi connectivity index (χ1v) is 8.90. The van der Waals surface area contributed by atoms with Crippen LogP contribution in [-0.4, -0.2) is 22.9 Å². The number of rotatable bonds is 4. The number of carbonyl (C=O) groups excluding carboxylic acids is 2. The van der Waals surface area contributed by atoms with E-state index in [1.165, 1.54) is 12.1 Å². The Bertz CT molecular complexity index is 799. The summed E-state index contributed by atoms with van der Waals surface area (Å²) in [5.41, 5.74) is 1.00. The van der Waals surface area contributed by atoms with E-state index < -0.39 is 16.8 Å². The van der Waals surface area contributed by atoms with Gasteiger partial charge in [0, 0.05) is 24.1 Å². The van der Waals surface area contributed by atoms with Crippen molar-refractivity contribution in [1.29, 1.82) is 0 Å². The Morgan fingerprint density at radius 1 is 1.35 bits per heavy atom. The molecule has 1 fully saturated rings. The molecule has 0 radical (unpaired) electrons. The van der Waals surface area contributed by atoms with Crippen molar-refractivity contribution in [3.05, 3.63) is 50.2 Å². The molecular weight excluding hydrogens is 360 g/mol. The second kappa shape index (κ2) is 7.45. The first-order chi connectivity index (χ1) is 12.4. The monoisotopic (exact) mass is 378 g/mol. The number of hydrogen-bond donors (Lipinski definition) is 1. The van der Waals surface area contributed by atoms with Crippen molar-refractivity contribution < 1.29 is 19.2 Å². The lowest BCUT2D eigenvalue weighted by molar-refractivity contribution is -0.384. The molecule has 0 saturated heterocycles. The molecule has 1 aliphatic carbocycles. The van der Waals surface area contributed by atoms with Gasteiger partial charge in [0.05, 0.1) is 10.5 Å². The maximum absolute atomic E-state index is 12.7. The highest BCUT2D eigenvalue weighted by Crippen LogP contribution is 2.37. The number of esters is 1. The molecule has 1 heterocycles. The molecule has 138 valence electrons. The molecule has 1 aliphatic heterocycles. The van der Waals surface area contributed by atoms with Gasteiger partial charge in [0.25, 0.3) is 5.69 Å². The minimum absolute atomic E-state index is 0.00907. The van der Waals surface area contributed by atoms with Crippen molar-refractivity contribution in [1.82, 2.24) is 5.32 Å². The summed E-state index contributed by atoms with van der Waals surface area (Å²) in [6, 6.07) is 4.34. The zero-order valence-electron chi connectivity index (χ0n) is 14.3. The minimum atomic E-state index is -0.603. The highest BCUT2D eigenvalue weighted by Gasteiger charge is 2.35. The lowest BCUT2D eigenvalue weighted by Gasteiger charge is -2.27. The zero-order valence-corrected chi connectivity index (χ0v) is 15.0. The number of ether oxygens (including phenoxy) is 1. The molecule has 1 N–H and O–H groups in total. The summed E-state index contributed by atoms with van der Waals surface area (Å²) in [4.78, 5) is 35.3. The fourth-order valence-corrected chi connectivity index (χ4v) is 3.75. The van der Waals surface area contributed by atoms with Gasteiger partial charge in [0.15, 0.2) is 0 Å². The first kappa shape index (κ1) is 18.4. The van der Waals surface area contributed by atoms with Crippen LogP contribution in [0.25, 0.3) is 0 Å². The third-order valence-corrected chi connectivity index (χ3v) is 5.15. The highest BCUT2D eigenvalue weighted by atomic mass is 35.5. The van der Waals surface area contributed by atoms with E-state index in [1.54, 1.807) is 13.0 Å². The topological polar surface area (TPSA) is 98.5 Å². The molecule has 0 unspecified atom stereocenters. The average molecular weight is 379 g/mol. The summed E-state index contributed by atoms with van der Waals surface area (Å²) in [5, 5.41) is 13.8. The molecule has 26 heavy (non-hydrogen) atoms. The Kier molecular flexibility index (Phi) is 5.27. The van der Waals surface area contributed by atoms with Gasteiger partial charge < -0.3 is 10.1 Å². The van der Waals surface area contributed by atoms with Crippen molar-refractivity contribution in [2.75, 3.05) is 0 Å². The number of nitro benzene ring substituents is 1. The molecule has 0 bridgehead atoms. The summed E-state index contributed by atoms with van der Waals surface area (Å²) < 4.78 is 5.60. The van der Waals surface area contributed by atoms with Gasteiger partial charge in [-0.2, -0.15) is 0 Å². The van der Waals surface area contributed by atoms with Gasteiger partial charge in [0.1, 0.15) is 11.1 Å². The van der Waals surface area contributed by atoms with E-state index in [0.29, 0.717) is 16.8 Å². The van der Waals surface area contributed by atoms with Crippen molar-refractivity contribution >= 4 is 29.2 Å². The molecule has 0 aromatic heterocycles. The largest absolute Gasteiger partial charge is 0.459 e. The van der Waals surface area contributed by atoms with Gasteiger partial charge in [-0.1, -0.05) is 17.7 Å². The molecular formula is C18H19ClN2O5. The van der Waals surface area contributed by atoms with Crippen molar-refractivity contribution in [2.24, 2.45) is 0 Å². The number of allylic oxidation sites excluding steroid dienone is 1. The Morgan fingerprint density at radius 3 is 2.69 bits per heavy atom. The Labute approximate surface area is 155 Å². The summed E-state index contributed by atoms with van der Waals surface area (Å²) in [5.74, 6) is -1.33. The van der Waals surface area contributed by atoms with E-state index in [2.05, 4.69) is 5.32 Å². The molecule has 2 aliphatic rings. The van der Waals surface area contributed by atoms with E-state index >= 15 is 0 Å². The average Bonchev–Trinajstić information content (AvgIpc) is 3.07. The molecule has 1 atom stereocenters. The maximum Gasteiger partial charge on any atom is 0.336 e. The lowest BCUT2D eigenvalue weighted by Crippen LogP contribution is -2.35. The SMILES string of the molecule is CC1=C(C(=O)OC2CCCC2)[C@@H](c2ccc(Cl)c([N+](=O)[O-])c2)CC(=O)N1. The van der Waals surface area contributed by atoms with E-state index in [9.17, 15) is 19.7 Å². The van der Waals surface area contributed by atoms with Crippen LogP contribution in [0.1, 0.15) is 50.5 Å². The Balaban J connectivity index is 1.96. The van der Waals surface area contributed by atoms with Gasteiger partial charge in [-0.3, -0.25) is 14.9 Å². The normalized spacial score (nSPS) is 20.8. The number of nitrogens with one attached hydrogen (secondary N) is 1. The van der Waals surface area contributed by atoms with Crippen molar-refractivity contribution in [2.45, 2.75) is 51.0 Å². The van der Waals surface area contributed by atoms with Gasteiger partial charge in [0.2, 0.25) is 5.91 Å². The number of amides is 1. The van der Waals surface area contributed by atoms with Gasteiger partial charge in [-0.25, -0.2) is 4.79 Å². The molecule has 8 heteroatoms. The van der Waals surface area contributed by atoms with Gasteiger partial charge >= 0.3 is 5.97 Å². The van der Waals surface area contributed by atoms with Crippen LogP contribution in [0, 0.1) is 10.1 Å². The van der Waals surface area contributed by atoms with Crippen LogP contribution in [0.5, 0.6) is 0 Å². The van der Waals surface area contributed by atoms with Crippen molar-refractivity contribution in [3.63, 3.8) is 0 Å². The second-order valence-electron chi connectivity index (χ2n) is 6.62. The van der Waals surface area contributed by atoms with Crippen LogP contribution in [0.15, 0.2) is 29.5 Å². The number of nitro groups is 1. The third-order valence-electron chi connectivity index (χ3n) is 4.83. The predicted molar refractivity (Wildman–Crippen MR) is 94.7 cm³/mol. The molecule has 0 spiro atoms. The van der Waals surface area contributed by atoms with Crippen LogP contribution in [0.3, 0.4) is 0 Å². The molecule has 1 aromatic carbocycles. The standard InChI is InChI=1S/C18H19ClN2O5/c1-10-17(18(23)26-12-4-2-3-5-12)13(9-16(22)20-10)11-6-7-14(19)15(8-11)21(24)25/h6-8,12-13H,2-5,9H2,1H3,(H,20,22)/t13-/m1/s1. The molecule has 7 nitrogen and oxygen atoms in total. The fourth-order valence-electron chi connectivity index (χ4n) is 3.56. The minimum Gasteiger partial charge on any atom is -0.459 e. The fraction of sp³-hybridized carbons (Fsp3) is 0.444. The lowest BCUT2D eigenvalue weighted by atomic mass is 9.84. The number of nitrogens with zero attached hydrogens (tertiary/aromatic N) is 1. The number of hydrogen-bond acceptors (Lipinski definition) is 5. The summed E-state index contributed by atoms with van der Waals surface area (Å²) in [6.45, 7) is 1.64. The highest BCUT2D eigenvalue weighted by molar-refractivity contribution is 6.32. The molecule has 1 aromatic rings. The van der Waals surface area contributed by atoms with E-state index in [0.717, 1.165) is 25.7 Å². The second-order valence-corrected chi connectivity index (χ2v) is 7.03. The number of benzene rings is 1. The Morgan fingerprint density at radius 2 is 2.04 bits per heavy atom. The predicted octanol–water partition coefficient (Wildman–Crippen LogP) is 3.61. The van der Waals surface area contributed by atoms with Crippen molar-refractivity contribution in [3.8, 4) is 0 Å². The quantitative estimate of drug-likeness (QED) is 0.490. The number of carbonyl (C=O) groups is 2. The smallest absolute Gasteiger partial charge is 0.336 e. The molecule has 1 saturated carbocycles. The first-order valence-electron chi connectivity index (χ1n) is 8.52. The Hall–Kier alpha value is -2.41. The number of halogens is 1. The zero-order chi connectivity index (χ0) is 18.8. The van der Waals surface area contributed by atoms with Crippen LogP contribution in [0.2, 0.25) is 5.02 Å². The molecule has 3 rings (SSSR count). The van der Waals surface area contributed by atoms with Crippen LogP contribution in [-0.2, 0) is 14.3 Å². The molecule has 1 amide bonds. The van der Waals surface area contributed by atoms with Gasteiger partial charge in [-0.15, -0.1) is 0 Å². The summed E-state index contributed by atoms with van der Waals surface area (Å²) in [6.07, 6.45) is 3.63. The van der Waals surface area contributed by atoms with Crippen LogP contribution >= 0.6 is 11.6 Å². The summed E-state index contributed by atoms with van der Waals surface area (Å²) in [7, 11) is 0. The van der Waals surface area contributed by atoms with Crippen LogP contribution in [0.4, 0.5) is 5.69 Å².